The van der Waals surface area contributed by atoms with Gasteiger partial charge >= 0.3 is 11.7 Å². The smallest absolute Gasteiger partial charge is 0.364 e. The van der Waals surface area contributed by atoms with Crippen LogP contribution in [-0.2, 0) is 32.7 Å². The summed E-state index contributed by atoms with van der Waals surface area (Å²) in [6.07, 6.45) is -15.1. The number of aliphatic carboxylic acids is 1. The van der Waals surface area contributed by atoms with Gasteiger partial charge in [0.25, 0.3) is 13.6 Å². The maximum Gasteiger partial charge on any atom is 0.364 e. The predicted octanol–water partition coefficient (Wildman–Crippen LogP) is -6.97. The summed E-state index contributed by atoms with van der Waals surface area (Å²) in [6, 6.07) is -0.473. The number of nitrogen functional groups attached to an aromatic ring is 1. The molecule has 0 saturated carbocycles. The van der Waals surface area contributed by atoms with E-state index >= 15 is 0 Å². The van der Waals surface area contributed by atoms with Crippen molar-refractivity contribution in [3.05, 3.63) is 22.7 Å². The van der Waals surface area contributed by atoms with Crippen LogP contribution in [0.1, 0.15) is 12.6 Å². The molecular weight excluding hydrogens is 597 g/mol. The number of aromatic nitrogens is 2. The minimum Gasteiger partial charge on any atom is -0.756 e. The number of aliphatic hydroxyl groups is 6. The molecule has 0 aliphatic carbocycles. The molecule has 0 radical (unpaired) electrons. The molecule has 2 aliphatic rings. The fourth-order valence-corrected chi connectivity index (χ4v) is 5.26. The van der Waals surface area contributed by atoms with Crippen molar-refractivity contribution in [3.8, 4) is 0 Å². The standard InChI is InChI=1S/C20H32N5O16P/c21-4-11(29)24-12-7(27)3-20(18(33)34,40-16(12)13(30)8(28)5-26)41-42(36,37)38-6-9-14(31)15(32)17(39-9)25-2-1-10(22)23-19(25)35/h1-2,7-9,12-17,26-28,30-32H,3-6,21H2,(H,24,29)(H,33,34)(H,36,37)(H2,22,23,35)/p-1/t7?,8-,9-,12-,13-,14?,15?,16?,17-,20-/m1/s1. The van der Waals surface area contributed by atoms with E-state index in [-0.39, 0.29) is 5.82 Å². The van der Waals surface area contributed by atoms with Crippen molar-refractivity contribution in [2.24, 2.45) is 5.73 Å². The third kappa shape index (κ3) is 7.29. The van der Waals surface area contributed by atoms with Gasteiger partial charge in [-0.2, -0.15) is 4.98 Å². The van der Waals surface area contributed by atoms with Crippen molar-refractivity contribution in [2.75, 3.05) is 25.5 Å². The zero-order valence-corrected chi connectivity index (χ0v) is 22.4. The van der Waals surface area contributed by atoms with Gasteiger partial charge < -0.3 is 71.4 Å². The largest absolute Gasteiger partial charge is 0.756 e. The molecule has 0 bridgehead atoms. The Morgan fingerprint density at radius 3 is 2.55 bits per heavy atom. The molecule has 1 amide bonds. The second-order valence-electron chi connectivity index (χ2n) is 9.37. The average Bonchev–Trinajstić information content (AvgIpc) is 3.20. The van der Waals surface area contributed by atoms with Crippen LogP contribution in [0.3, 0.4) is 0 Å². The molecule has 2 aliphatic heterocycles. The number of hydrogen-bond donors (Lipinski definition) is 10. The zero-order chi connectivity index (χ0) is 31.6. The molecule has 3 rings (SSSR count). The minimum atomic E-state index is -5.79. The Morgan fingerprint density at radius 1 is 1.31 bits per heavy atom. The summed E-state index contributed by atoms with van der Waals surface area (Å²) in [5.41, 5.74) is 9.66. The lowest BCUT2D eigenvalue weighted by atomic mass is 9.88. The predicted molar refractivity (Wildman–Crippen MR) is 129 cm³/mol. The first-order valence-corrected chi connectivity index (χ1v) is 13.6. The van der Waals surface area contributed by atoms with Gasteiger partial charge in [-0.1, -0.05) is 0 Å². The van der Waals surface area contributed by atoms with E-state index in [9.17, 15) is 59.6 Å². The van der Waals surface area contributed by atoms with Crippen molar-refractivity contribution >= 4 is 25.5 Å². The van der Waals surface area contributed by atoms with Crippen LogP contribution >= 0.6 is 7.82 Å². The van der Waals surface area contributed by atoms with Crippen LogP contribution in [0.15, 0.2) is 17.1 Å². The Bertz CT molecular complexity index is 1240. The molecule has 12 N–H and O–H groups in total. The lowest BCUT2D eigenvalue weighted by molar-refractivity contribution is -0.313. The summed E-state index contributed by atoms with van der Waals surface area (Å²) in [6.45, 7) is -2.80. The number of phosphoric ester groups is 1. The Balaban J connectivity index is 1.79. The van der Waals surface area contributed by atoms with E-state index in [1.807, 2.05) is 0 Å². The second-order valence-corrected chi connectivity index (χ2v) is 10.7. The molecule has 5 unspecified atom stereocenters. The first-order chi connectivity index (χ1) is 19.6. The Morgan fingerprint density at radius 2 is 1.98 bits per heavy atom. The Hall–Kier alpha value is -2.63. The summed E-state index contributed by atoms with van der Waals surface area (Å²) >= 11 is 0. The molecule has 21 nitrogen and oxygen atoms in total. The van der Waals surface area contributed by atoms with Gasteiger partial charge in [0.15, 0.2) is 6.23 Å². The number of carbonyl (C=O) groups excluding carboxylic acids is 1. The molecule has 2 fully saturated rings. The molecule has 3 heterocycles. The van der Waals surface area contributed by atoms with Crippen LogP contribution in [0, 0.1) is 0 Å². The number of rotatable bonds is 12. The topological polar surface area (TPSA) is 352 Å². The van der Waals surface area contributed by atoms with Gasteiger partial charge in [-0.3, -0.25) is 18.5 Å². The maximum absolute atomic E-state index is 12.7. The molecule has 11 atom stereocenters. The van der Waals surface area contributed by atoms with Crippen molar-refractivity contribution in [1.29, 1.82) is 0 Å². The summed E-state index contributed by atoms with van der Waals surface area (Å²) in [5.74, 6) is -6.51. The monoisotopic (exact) mass is 628 g/mol. The van der Waals surface area contributed by atoms with Gasteiger partial charge in [0.05, 0.1) is 31.9 Å². The average molecular weight is 628 g/mol. The maximum atomic E-state index is 12.7. The van der Waals surface area contributed by atoms with Crippen LogP contribution in [0.25, 0.3) is 0 Å². The molecule has 42 heavy (non-hydrogen) atoms. The molecule has 238 valence electrons. The van der Waals surface area contributed by atoms with Crippen LogP contribution in [0.4, 0.5) is 5.82 Å². The number of aliphatic hydroxyl groups excluding tert-OH is 6. The number of nitrogens with one attached hydrogen (secondary N) is 1. The summed E-state index contributed by atoms with van der Waals surface area (Å²) in [7, 11) is -5.79. The van der Waals surface area contributed by atoms with Gasteiger partial charge in [-0.15, -0.1) is 0 Å². The number of nitrogens with two attached hydrogens (primary N) is 2. The van der Waals surface area contributed by atoms with Crippen LogP contribution < -0.4 is 27.4 Å². The quantitative estimate of drug-likeness (QED) is 0.0961. The number of ether oxygens (including phenoxy) is 2. The first kappa shape index (κ1) is 33.9. The van der Waals surface area contributed by atoms with Gasteiger partial charge in [0, 0.05) is 12.6 Å². The number of anilines is 1. The van der Waals surface area contributed by atoms with Crippen LogP contribution in [0.2, 0.25) is 0 Å². The molecule has 1 aromatic heterocycles. The summed E-state index contributed by atoms with van der Waals surface area (Å²) in [4.78, 5) is 52.2. The fourth-order valence-electron chi connectivity index (χ4n) is 4.32. The lowest BCUT2D eigenvalue weighted by Gasteiger charge is -2.47. The van der Waals surface area contributed by atoms with Gasteiger partial charge in [-0.05, 0) is 6.07 Å². The molecular formula is C20H31N5O16P-. The van der Waals surface area contributed by atoms with E-state index in [0.29, 0.717) is 0 Å². The normalized spacial score (nSPS) is 34.3. The van der Waals surface area contributed by atoms with Gasteiger partial charge in [-0.25, -0.2) is 9.59 Å². The fraction of sp³-hybridized carbons (Fsp3) is 0.700. The SMILES string of the molecule is NCC(=O)N[C@@H]1C(O)C[C@@](OP(=O)([O-])OC[C@H]2O[C@@H](n3ccc(N)nc3=O)C(O)C2O)(C(=O)O)OC1[C@H](O)[C@H](O)CO. The number of hydrogen-bond acceptors (Lipinski definition) is 18. The van der Waals surface area contributed by atoms with E-state index in [1.165, 1.54) is 6.07 Å². The highest BCUT2D eigenvalue weighted by molar-refractivity contribution is 7.45. The third-order valence-corrected chi connectivity index (χ3v) is 7.43. The summed E-state index contributed by atoms with van der Waals surface area (Å²) < 4.78 is 33.3. The third-order valence-electron chi connectivity index (χ3n) is 6.45. The van der Waals surface area contributed by atoms with Gasteiger partial charge in [0.2, 0.25) is 5.91 Å². The number of carbonyl (C=O) groups is 2. The second kappa shape index (κ2) is 13.3. The van der Waals surface area contributed by atoms with E-state index in [4.69, 9.17) is 20.9 Å². The van der Waals surface area contributed by atoms with E-state index in [0.717, 1.165) is 10.8 Å². The van der Waals surface area contributed by atoms with Gasteiger partial charge in [0.1, 0.15) is 42.4 Å². The molecule has 22 heteroatoms. The number of amides is 1. The molecule has 2 saturated heterocycles. The number of carboxylic acid groups (broad SMARTS) is 1. The Kier molecular flexibility index (Phi) is 10.8. The Labute approximate surface area is 235 Å². The zero-order valence-electron chi connectivity index (χ0n) is 21.5. The summed E-state index contributed by atoms with van der Waals surface area (Å²) in [5, 5.41) is 72.7. The number of nitrogens with zero attached hydrogens (tertiary/aromatic N) is 2. The van der Waals surface area contributed by atoms with Crippen molar-refractivity contribution in [2.45, 2.75) is 67.2 Å². The molecule has 1 aromatic rings. The highest BCUT2D eigenvalue weighted by Gasteiger charge is 2.57. The lowest BCUT2D eigenvalue weighted by Crippen LogP contribution is -2.68. The first-order valence-electron chi connectivity index (χ1n) is 12.1. The molecule has 0 aromatic carbocycles. The van der Waals surface area contributed by atoms with Crippen LogP contribution in [0.5, 0.6) is 0 Å². The van der Waals surface area contributed by atoms with Crippen molar-refractivity contribution in [3.63, 3.8) is 0 Å². The number of carboxylic acids is 1. The minimum absolute atomic E-state index is 0.148. The van der Waals surface area contributed by atoms with E-state index in [1.54, 1.807) is 0 Å². The van der Waals surface area contributed by atoms with E-state index < -0.39 is 112 Å². The van der Waals surface area contributed by atoms with E-state index in [2.05, 4.69) is 19.3 Å². The number of phosphoric acid groups is 1. The van der Waals surface area contributed by atoms with Crippen LogP contribution in [-0.4, -0.2) is 131 Å². The van der Waals surface area contributed by atoms with Crippen molar-refractivity contribution in [1.82, 2.24) is 14.9 Å². The highest BCUT2D eigenvalue weighted by atomic mass is 31.2. The molecule has 0 spiro atoms. The highest BCUT2D eigenvalue weighted by Crippen LogP contribution is 2.48. The van der Waals surface area contributed by atoms with Crippen molar-refractivity contribution < 1.29 is 73.3 Å².